The fourth-order valence-corrected chi connectivity index (χ4v) is 10.2. The van der Waals surface area contributed by atoms with Gasteiger partial charge in [-0.05, 0) is 51.4 Å². The molecular formula is C64H125NO5. The summed E-state index contributed by atoms with van der Waals surface area (Å²) in [5.41, 5.74) is 0. The van der Waals surface area contributed by atoms with Crippen LogP contribution in [-0.4, -0.2) is 47.4 Å². The van der Waals surface area contributed by atoms with Crippen molar-refractivity contribution in [3.8, 4) is 0 Å². The van der Waals surface area contributed by atoms with Crippen LogP contribution in [0.4, 0.5) is 0 Å². The number of esters is 1. The fourth-order valence-electron chi connectivity index (χ4n) is 10.2. The molecule has 1 amide bonds. The van der Waals surface area contributed by atoms with Crippen LogP contribution in [0.1, 0.15) is 361 Å². The molecule has 0 rings (SSSR count). The minimum atomic E-state index is -0.662. The summed E-state index contributed by atoms with van der Waals surface area (Å²) in [5, 5.41) is 23.3. The van der Waals surface area contributed by atoms with Crippen LogP contribution >= 0.6 is 0 Å². The number of hydrogen-bond donors (Lipinski definition) is 3. The van der Waals surface area contributed by atoms with Gasteiger partial charge in [0.25, 0.3) is 0 Å². The van der Waals surface area contributed by atoms with E-state index in [1.54, 1.807) is 0 Å². The number of aliphatic hydroxyl groups is 2. The molecule has 0 aromatic heterocycles. The summed E-state index contributed by atoms with van der Waals surface area (Å²) in [5.74, 6) is -0.0225. The number of amides is 1. The van der Waals surface area contributed by atoms with Crippen molar-refractivity contribution in [2.75, 3.05) is 13.2 Å². The third kappa shape index (κ3) is 55.9. The van der Waals surface area contributed by atoms with E-state index >= 15 is 0 Å². The number of rotatable bonds is 60. The van der Waals surface area contributed by atoms with Crippen LogP contribution in [0.5, 0.6) is 0 Å². The summed E-state index contributed by atoms with van der Waals surface area (Å²) >= 11 is 0. The smallest absolute Gasteiger partial charge is 0.305 e. The molecule has 0 fully saturated rings. The minimum Gasteiger partial charge on any atom is -0.466 e. The van der Waals surface area contributed by atoms with Crippen LogP contribution in [0.2, 0.25) is 0 Å². The monoisotopic (exact) mass is 988 g/mol. The summed E-state index contributed by atoms with van der Waals surface area (Å²) in [7, 11) is 0. The van der Waals surface area contributed by atoms with Crippen molar-refractivity contribution in [1.29, 1.82) is 0 Å². The zero-order chi connectivity index (χ0) is 50.7. The summed E-state index contributed by atoms with van der Waals surface area (Å²) in [6, 6.07) is -0.539. The normalized spacial score (nSPS) is 12.6. The molecule has 0 heterocycles. The standard InChI is InChI=1S/C64H125NO5/c1-3-5-7-9-11-13-15-17-32-36-40-44-48-52-56-62(67)61(60-66)65-63(68)57-53-49-45-41-37-33-30-28-26-24-22-20-19-21-23-25-27-29-31-35-39-43-47-51-55-59-70-64(69)58-54-50-46-42-38-34-18-16-14-12-10-8-6-4-2/h16,18,61-62,66-67H,3-15,17,19-60H2,1-2H3,(H,65,68)/b18-16-. The van der Waals surface area contributed by atoms with Gasteiger partial charge >= 0.3 is 5.97 Å². The first kappa shape index (κ1) is 68.6. The minimum absolute atomic E-state index is 0.00851. The number of carbonyl (C=O) groups excluding carboxylic acids is 2. The van der Waals surface area contributed by atoms with Gasteiger partial charge in [0.2, 0.25) is 5.91 Å². The van der Waals surface area contributed by atoms with Gasteiger partial charge in [0.05, 0.1) is 25.4 Å². The van der Waals surface area contributed by atoms with Crippen molar-refractivity contribution in [2.45, 2.75) is 373 Å². The van der Waals surface area contributed by atoms with E-state index in [9.17, 15) is 19.8 Å². The highest BCUT2D eigenvalue weighted by Gasteiger charge is 2.20. The number of ether oxygens (including phenoxy) is 1. The predicted molar refractivity (Wildman–Crippen MR) is 306 cm³/mol. The van der Waals surface area contributed by atoms with Gasteiger partial charge < -0.3 is 20.3 Å². The Balaban J connectivity index is 3.34. The van der Waals surface area contributed by atoms with E-state index in [0.717, 1.165) is 44.9 Å². The molecule has 416 valence electrons. The second kappa shape index (κ2) is 60.2. The van der Waals surface area contributed by atoms with Crippen molar-refractivity contribution < 1.29 is 24.5 Å². The average molecular weight is 989 g/mol. The Hall–Kier alpha value is -1.40. The first-order valence-corrected chi connectivity index (χ1v) is 31.9. The Kier molecular flexibility index (Phi) is 59.0. The van der Waals surface area contributed by atoms with Crippen molar-refractivity contribution in [2.24, 2.45) is 0 Å². The molecule has 2 unspecified atom stereocenters. The number of carbonyl (C=O) groups is 2. The molecule has 0 aliphatic rings. The maximum absolute atomic E-state index is 12.5. The van der Waals surface area contributed by atoms with Gasteiger partial charge in [0.15, 0.2) is 0 Å². The van der Waals surface area contributed by atoms with Crippen LogP contribution in [0.25, 0.3) is 0 Å². The van der Waals surface area contributed by atoms with Gasteiger partial charge in [-0.15, -0.1) is 0 Å². The summed E-state index contributed by atoms with van der Waals surface area (Å²) < 4.78 is 5.48. The quantitative estimate of drug-likeness (QED) is 0.0321. The molecule has 6 nitrogen and oxygen atoms in total. The van der Waals surface area contributed by atoms with Crippen molar-refractivity contribution in [1.82, 2.24) is 5.32 Å². The van der Waals surface area contributed by atoms with E-state index in [-0.39, 0.29) is 18.5 Å². The van der Waals surface area contributed by atoms with E-state index < -0.39 is 12.1 Å². The maximum atomic E-state index is 12.5. The lowest BCUT2D eigenvalue weighted by molar-refractivity contribution is -0.143. The number of aliphatic hydroxyl groups excluding tert-OH is 2. The van der Waals surface area contributed by atoms with E-state index in [4.69, 9.17) is 4.74 Å². The average Bonchev–Trinajstić information content (AvgIpc) is 3.36. The van der Waals surface area contributed by atoms with Crippen molar-refractivity contribution >= 4 is 11.9 Å². The third-order valence-electron chi connectivity index (χ3n) is 15.1. The Labute approximate surface area is 438 Å². The topological polar surface area (TPSA) is 95.9 Å². The molecule has 0 aliphatic carbocycles. The van der Waals surface area contributed by atoms with E-state index in [1.165, 1.54) is 283 Å². The Morgan fingerprint density at radius 1 is 0.386 bits per heavy atom. The molecule has 0 radical (unpaired) electrons. The van der Waals surface area contributed by atoms with Crippen LogP contribution in [0, 0.1) is 0 Å². The highest BCUT2D eigenvalue weighted by atomic mass is 16.5. The molecule has 2 atom stereocenters. The lowest BCUT2D eigenvalue weighted by Gasteiger charge is -2.22. The second-order valence-electron chi connectivity index (χ2n) is 22.1. The zero-order valence-electron chi connectivity index (χ0n) is 47.5. The van der Waals surface area contributed by atoms with Crippen molar-refractivity contribution in [3.05, 3.63) is 12.2 Å². The second-order valence-corrected chi connectivity index (χ2v) is 22.1. The van der Waals surface area contributed by atoms with E-state index in [0.29, 0.717) is 25.9 Å². The van der Waals surface area contributed by atoms with Crippen molar-refractivity contribution in [3.63, 3.8) is 0 Å². The highest BCUT2D eigenvalue weighted by Crippen LogP contribution is 2.18. The largest absolute Gasteiger partial charge is 0.466 e. The van der Waals surface area contributed by atoms with E-state index in [1.807, 2.05) is 0 Å². The number of hydrogen-bond acceptors (Lipinski definition) is 5. The van der Waals surface area contributed by atoms with Crippen LogP contribution in [0.3, 0.4) is 0 Å². The molecule has 0 aliphatic heterocycles. The first-order chi connectivity index (χ1) is 34.5. The van der Waals surface area contributed by atoms with Gasteiger partial charge in [-0.1, -0.05) is 309 Å². The maximum Gasteiger partial charge on any atom is 0.305 e. The van der Waals surface area contributed by atoms with Crippen LogP contribution in [0.15, 0.2) is 12.2 Å². The molecule has 0 aromatic rings. The summed E-state index contributed by atoms with van der Waals surface area (Å²) in [6.07, 6.45) is 72.3. The molecule has 0 aromatic carbocycles. The summed E-state index contributed by atoms with van der Waals surface area (Å²) in [4.78, 5) is 24.5. The highest BCUT2D eigenvalue weighted by molar-refractivity contribution is 5.76. The molecular weight excluding hydrogens is 863 g/mol. The lowest BCUT2D eigenvalue weighted by Crippen LogP contribution is -2.45. The predicted octanol–water partition coefficient (Wildman–Crippen LogP) is 20.0. The van der Waals surface area contributed by atoms with Gasteiger partial charge in [-0.2, -0.15) is 0 Å². The SMILES string of the molecule is CCCCCCC/C=C\CCCCCCCC(=O)OCCCCCCCCCCCCCCCCCCCCCCCCCCCC(=O)NC(CO)C(O)CCCCCCCCCCCCCCCC. The molecule has 0 saturated carbocycles. The molecule has 70 heavy (non-hydrogen) atoms. The van der Waals surface area contributed by atoms with Gasteiger partial charge in [0, 0.05) is 12.8 Å². The Morgan fingerprint density at radius 2 is 0.671 bits per heavy atom. The van der Waals surface area contributed by atoms with Gasteiger partial charge in [-0.3, -0.25) is 9.59 Å². The van der Waals surface area contributed by atoms with Gasteiger partial charge in [0.1, 0.15) is 0 Å². The van der Waals surface area contributed by atoms with Crippen LogP contribution in [-0.2, 0) is 14.3 Å². The fraction of sp³-hybridized carbons (Fsp3) is 0.938. The zero-order valence-corrected chi connectivity index (χ0v) is 47.5. The molecule has 0 bridgehead atoms. The first-order valence-electron chi connectivity index (χ1n) is 31.9. The molecule has 0 spiro atoms. The number of unbranched alkanes of at least 4 members (excludes halogenated alkanes) is 47. The van der Waals surface area contributed by atoms with Gasteiger partial charge in [-0.25, -0.2) is 0 Å². The molecule has 0 saturated heterocycles. The number of allylic oxidation sites excluding steroid dienone is 2. The Morgan fingerprint density at radius 3 is 1.01 bits per heavy atom. The third-order valence-corrected chi connectivity index (χ3v) is 15.1. The summed E-state index contributed by atoms with van der Waals surface area (Å²) in [6.45, 7) is 4.97. The molecule has 6 heteroatoms. The number of nitrogens with one attached hydrogen (secondary N) is 1. The van der Waals surface area contributed by atoms with Crippen LogP contribution < -0.4 is 5.32 Å². The lowest BCUT2D eigenvalue weighted by atomic mass is 10.0. The van der Waals surface area contributed by atoms with E-state index in [2.05, 4.69) is 31.3 Å². The Bertz CT molecular complexity index is 1050. The molecule has 3 N–H and O–H groups in total.